The highest BCUT2D eigenvalue weighted by atomic mass is 16.6. The van der Waals surface area contributed by atoms with Gasteiger partial charge < -0.3 is 10.4 Å². The molecule has 7 nitrogen and oxygen atoms in total. The molecule has 0 aliphatic rings. The number of aliphatic carboxylic acids is 1. The molecule has 1 amide bonds. The van der Waals surface area contributed by atoms with E-state index in [1.807, 2.05) is 6.92 Å². The van der Waals surface area contributed by atoms with E-state index < -0.39 is 22.8 Å². The van der Waals surface area contributed by atoms with Crippen molar-refractivity contribution in [2.45, 2.75) is 33.2 Å². The molecule has 1 aromatic carbocycles. The van der Waals surface area contributed by atoms with Crippen LogP contribution < -0.4 is 5.32 Å². The highest BCUT2D eigenvalue weighted by molar-refractivity contribution is 6.00. The molecular formula is C14H18N2O5. The van der Waals surface area contributed by atoms with Crippen LogP contribution in [-0.2, 0) is 4.79 Å². The molecule has 114 valence electrons. The summed E-state index contributed by atoms with van der Waals surface area (Å²) in [7, 11) is 0. The number of carboxylic acids is 1. The third-order valence-corrected chi connectivity index (χ3v) is 3.36. The summed E-state index contributed by atoms with van der Waals surface area (Å²) >= 11 is 0. The first-order valence-corrected chi connectivity index (χ1v) is 6.56. The van der Waals surface area contributed by atoms with Gasteiger partial charge in [0.25, 0.3) is 11.6 Å². The van der Waals surface area contributed by atoms with E-state index in [2.05, 4.69) is 5.32 Å². The Kier molecular flexibility index (Phi) is 5.40. The van der Waals surface area contributed by atoms with Crippen LogP contribution in [0.25, 0.3) is 0 Å². The monoisotopic (exact) mass is 294 g/mol. The molecule has 0 saturated heterocycles. The fraction of sp³-hybridized carbons (Fsp3) is 0.429. The van der Waals surface area contributed by atoms with Gasteiger partial charge in [-0.05, 0) is 24.5 Å². The fourth-order valence-electron chi connectivity index (χ4n) is 1.89. The number of nitrogens with zero attached hydrogens (tertiary/aromatic N) is 1. The fourth-order valence-corrected chi connectivity index (χ4v) is 1.89. The van der Waals surface area contributed by atoms with Crippen LogP contribution in [0.4, 0.5) is 5.69 Å². The second-order valence-electron chi connectivity index (χ2n) is 4.95. The van der Waals surface area contributed by atoms with E-state index >= 15 is 0 Å². The van der Waals surface area contributed by atoms with Gasteiger partial charge in [0.2, 0.25) is 0 Å². The van der Waals surface area contributed by atoms with Gasteiger partial charge in [-0.2, -0.15) is 0 Å². The minimum atomic E-state index is -1.16. The standard InChI is InChI=1S/C14H18N2O5/c1-4-9(3)12(14(18)19)15-13(17)10-7-8(2)5-6-11(10)16(20)21/h5-7,9,12H,4H2,1-3H3,(H,15,17)(H,18,19). The number of aryl methyl sites for hydroxylation is 1. The highest BCUT2D eigenvalue weighted by Gasteiger charge is 2.28. The van der Waals surface area contributed by atoms with Crippen LogP contribution in [0.1, 0.15) is 36.2 Å². The summed E-state index contributed by atoms with van der Waals surface area (Å²) in [6, 6.07) is 3.06. The maximum atomic E-state index is 12.2. The van der Waals surface area contributed by atoms with Gasteiger partial charge in [-0.1, -0.05) is 26.3 Å². The third-order valence-electron chi connectivity index (χ3n) is 3.36. The second-order valence-corrected chi connectivity index (χ2v) is 4.95. The smallest absolute Gasteiger partial charge is 0.326 e. The van der Waals surface area contributed by atoms with E-state index in [9.17, 15) is 19.7 Å². The molecule has 2 atom stereocenters. The molecule has 0 aliphatic heterocycles. The van der Waals surface area contributed by atoms with Crippen molar-refractivity contribution in [3.63, 3.8) is 0 Å². The Labute approximate surface area is 122 Å². The van der Waals surface area contributed by atoms with Crippen LogP contribution in [0, 0.1) is 23.0 Å². The number of rotatable bonds is 6. The molecule has 0 heterocycles. The lowest BCUT2D eigenvalue weighted by atomic mass is 9.98. The van der Waals surface area contributed by atoms with Crippen LogP contribution in [-0.4, -0.2) is 27.9 Å². The number of carbonyl (C=O) groups is 2. The summed E-state index contributed by atoms with van der Waals surface area (Å²) in [5, 5.41) is 22.5. The largest absolute Gasteiger partial charge is 0.480 e. The first-order valence-electron chi connectivity index (χ1n) is 6.56. The Hall–Kier alpha value is -2.44. The summed E-state index contributed by atoms with van der Waals surface area (Å²) in [5.74, 6) is -2.19. The van der Waals surface area contributed by atoms with Gasteiger partial charge in [0.15, 0.2) is 0 Å². The molecule has 7 heteroatoms. The first-order chi connectivity index (χ1) is 9.77. The Morgan fingerprint density at radius 2 is 2.05 bits per heavy atom. The van der Waals surface area contributed by atoms with Crippen molar-refractivity contribution in [1.82, 2.24) is 5.32 Å². The quantitative estimate of drug-likeness (QED) is 0.617. The zero-order valence-electron chi connectivity index (χ0n) is 12.1. The van der Waals surface area contributed by atoms with Gasteiger partial charge in [0, 0.05) is 6.07 Å². The average Bonchev–Trinajstić information content (AvgIpc) is 2.42. The Morgan fingerprint density at radius 1 is 1.43 bits per heavy atom. The Bertz CT molecular complexity index is 570. The molecular weight excluding hydrogens is 276 g/mol. The van der Waals surface area contributed by atoms with Crippen LogP contribution in [0.2, 0.25) is 0 Å². The maximum Gasteiger partial charge on any atom is 0.326 e. The number of nitrogens with one attached hydrogen (secondary N) is 1. The highest BCUT2D eigenvalue weighted by Crippen LogP contribution is 2.20. The number of hydrogen-bond acceptors (Lipinski definition) is 4. The third kappa shape index (κ3) is 4.01. The molecule has 0 bridgehead atoms. The zero-order chi connectivity index (χ0) is 16.2. The lowest BCUT2D eigenvalue weighted by molar-refractivity contribution is -0.385. The number of nitro benzene ring substituents is 1. The van der Waals surface area contributed by atoms with Crippen LogP contribution >= 0.6 is 0 Å². The van der Waals surface area contributed by atoms with Crippen molar-refractivity contribution in [1.29, 1.82) is 0 Å². The normalized spacial score (nSPS) is 13.3. The molecule has 0 aromatic heterocycles. The van der Waals surface area contributed by atoms with E-state index in [0.717, 1.165) is 0 Å². The van der Waals surface area contributed by atoms with Gasteiger partial charge in [0.1, 0.15) is 11.6 Å². The summed E-state index contributed by atoms with van der Waals surface area (Å²) < 4.78 is 0. The average molecular weight is 294 g/mol. The van der Waals surface area contributed by atoms with Gasteiger partial charge in [-0.15, -0.1) is 0 Å². The molecule has 0 radical (unpaired) electrons. The van der Waals surface area contributed by atoms with E-state index in [1.54, 1.807) is 13.8 Å². The number of carbonyl (C=O) groups excluding carboxylic acids is 1. The number of nitro groups is 1. The minimum Gasteiger partial charge on any atom is -0.480 e. The molecule has 2 unspecified atom stereocenters. The lowest BCUT2D eigenvalue weighted by Gasteiger charge is -2.20. The van der Waals surface area contributed by atoms with E-state index in [-0.39, 0.29) is 17.2 Å². The van der Waals surface area contributed by atoms with E-state index in [0.29, 0.717) is 12.0 Å². The summed E-state index contributed by atoms with van der Waals surface area (Å²) in [6.07, 6.45) is 0.563. The summed E-state index contributed by atoms with van der Waals surface area (Å²) in [5.41, 5.74) is 0.210. The molecule has 2 N–H and O–H groups in total. The van der Waals surface area contributed by atoms with Gasteiger partial charge in [-0.25, -0.2) is 4.79 Å². The molecule has 0 spiro atoms. The van der Waals surface area contributed by atoms with Crippen molar-refractivity contribution < 1.29 is 19.6 Å². The van der Waals surface area contributed by atoms with Gasteiger partial charge in [-0.3, -0.25) is 14.9 Å². The molecule has 0 fully saturated rings. The molecule has 1 aromatic rings. The topological polar surface area (TPSA) is 110 Å². The Morgan fingerprint density at radius 3 is 2.52 bits per heavy atom. The predicted molar refractivity (Wildman–Crippen MR) is 76.2 cm³/mol. The minimum absolute atomic E-state index is 0.130. The second kappa shape index (κ2) is 6.83. The zero-order valence-corrected chi connectivity index (χ0v) is 12.1. The summed E-state index contributed by atoms with van der Waals surface area (Å²) in [6.45, 7) is 5.20. The molecule has 0 saturated carbocycles. The first kappa shape index (κ1) is 16.6. The number of amides is 1. The van der Waals surface area contributed by atoms with Gasteiger partial charge >= 0.3 is 5.97 Å². The molecule has 21 heavy (non-hydrogen) atoms. The van der Waals surface area contributed by atoms with Crippen LogP contribution in [0.15, 0.2) is 18.2 Å². The van der Waals surface area contributed by atoms with Crippen LogP contribution in [0.5, 0.6) is 0 Å². The SMILES string of the molecule is CCC(C)C(NC(=O)c1cc(C)ccc1[N+](=O)[O-])C(=O)O. The molecule has 0 aliphatic carbocycles. The van der Waals surface area contributed by atoms with Crippen molar-refractivity contribution >= 4 is 17.6 Å². The van der Waals surface area contributed by atoms with Crippen molar-refractivity contribution in [3.8, 4) is 0 Å². The van der Waals surface area contributed by atoms with Crippen LogP contribution in [0.3, 0.4) is 0 Å². The van der Waals surface area contributed by atoms with Crippen molar-refractivity contribution in [3.05, 3.63) is 39.4 Å². The predicted octanol–water partition coefficient (Wildman–Crippen LogP) is 2.13. The Balaban J connectivity index is 3.11. The van der Waals surface area contributed by atoms with Gasteiger partial charge in [0.05, 0.1) is 4.92 Å². The number of benzene rings is 1. The lowest BCUT2D eigenvalue weighted by Crippen LogP contribution is -2.45. The van der Waals surface area contributed by atoms with E-state index in [1.165, 1.54) is 18.2 Å². The van der Waals surface area contributed by atoms with E-state index in [4.69, 9.17) is 5.11 Å². The summed E-state index contributed by atoms with van der Waals surface area (Å²) in [4.78, 5) is 33.7. The maximum absolute atomic E-state index is 12.2. The van der Waals surface area contributed by atoms with Crippen molar-refractivity contribution in [2.75, 3.05) is 0 Å². The van der Waals surface area contributed by atoms with Crippen molar-refractivity contribution in [2.24, 2.45) is 5.92 Å². The number of carboxylic acid groups (broad SMARTS) is 1. The number of hydrogen-bond donors (Lipinski definition) is 2. The molecule has 1 rings (SSSR count).